The first-order chi connectivity index (χ1) is 9.22. The van der Waals surface area contributed by atoms with E-state index in [2.05, 4.69) is 9.97 Å². The molecule has 0 saturated carbocycles. The molecule has 3 aromatic rings. The molecule has 0 saturated heterocycles. The first-order valence-corrected chi connectivity index (χ1v) is 5.98. The summed E-state index contributed by atoms with van der Waals surface area (Å²) in [7, 11) is 0. The molecular formula is C15H12FN3. The number of nitrogens with zero attached hydrogens (tertiary/aromatic N) is 2. The highest BCUT2D eigenvalue weighted by atomic mass is 19.1. The Bertz CT molecular complexity index is 726. The SMILES string of the molecule is Nc1nc(Cc2ccccc2)nc2ccc(F)cc12. The van der Waals surface area contributed by atoms with Crippen molar-refractivity contribution in [1.82, 2.24) is 9.97 Å². The number of halogens is 1. The number of rotatable bonds is 2. The van der Waals surface area contributed by atoms with Crippen LogP contribution in [0, 0.1) is 5.82 Å². The summed E-state index contributed by atoms with van der Waals surface area (Å²) in [6.45, 7) is 0. The van der Waals surface area contributed by atoms with E-state index in [4.69, 9.17) is 5.73 Å². The van der Waals surface area contributed by atoms with Gasteiger partial charge in [-0.15, -0.1) is 0 Å². The highest BCUT2D eigenvalue weighted by Gasteiger charge is 2.07. The minimum Gasteiger partial charge on any atom is -0.383 e. The van der Waals surface area contributed by atoms with Crippen molar-refractivity contribution in [2.24, 2.45) is 0 Å². The second-order valence-electron chi connectivity index (χ2n) is 4.35. The van der Waals surface area contributed by atoms with Crippen molar-refractivity contribution in [1.29, 1.82) is 0 Å². The van der Waals surface area contributed by atoms with E-state index in [1.807, 2.05) is 30.3 Å². The van der Waals surface area contributed by atoms with E-state index in [0.29, 0.717) is 29.0 Å². The smallest absolute Gasteiger partial charge is 0.135 e. The molecule has 1 aromatic heterocycles. The Labute approximate surface area is 109 Å². The molecule has 0 aliphatic carbocycles. The van der Waals surface area contributed by atoms with E-state index in [9.17, 15) is 4.39 Å². The zero-order chi connectivity index (χ0) is 13.2. The van der Waals surface area contributed by atoms with Gasteiger partial charge in [-0.3, -0.25) is 0 Å². The maximum absolute atomic E-state index is 13.2. The van der Waals surface area contributed by atoms with Gasteiger partial charge in [0.25, 0.3) is 0 Å². The highest BCUT2D eigenvalue weighted by Crippen LogP contribution is 2.19. The molecule has 4 heteroatoms. The monoisotopic (exact) mass is 253 g/mol. The van der Waals surface area contributed by atoms with Crippen LogP contribution < -0.4 is 5.73 Å². The lowest BCUT2D eigenvalue weighted by Crippen LogP contribution is -2.02. The Morgan fingerprint density at radius 3 is 2.58 bits per heavy atom. The van der Waals surface area contributed by atoms with Crippen molar-refractivity contribution >= 4 is 16.7 Å². The van der Waals surface area contributed by atoms with Crippen LogP contribution in [-0.2, 0) is 6.42 Å². The number of benzene rings is 2. The summed E-state index contributed by atoms with van der Waals surface area (Å²) < 4.78 is 13.2. The molecule has 0 radical (unpaired) electrons. The third kappa shape index (κ3) is 2.38. The first kappa shape index (κ1) is 11.6. The molecular weight excluding hydrogens is 241 g/mol. The lowest BCUT2D eigenvalue weighted by atomic mass is 10.1. The largest absolute Gasteiger partial charge is 0.383 e. The Morgan fingerprint density at radius 2 is 1.79 bits per heavy atom. The molecule has 94 valence electrons. The molecule has 0 amide bonds. The molecule has 3 nitrogen and oxygen atoms in total. The van der Waals surface area contributed by atoms with Gasteiger partial charge in [0.2, 0.25) is 0 Å². The number of fused-ring (bicyclic) bond motifs is 1. The second kappa shape index (κ2) is 4.65. The van der Waals surface area contributed by atoms with Crippen LogP contribution in [0.5, 0.6) is 0 Å². The summed E-state index contributed by atoms with van der Waals surface area (Å²) in [6, 6.07) is 14.3. The number of anilines is 1. The number of hydrogen-bond donors (Lipinski definition) is 1. The normalized spacial score (nSPS) is 10.8. The van der Waals surface area contributed by atoms with E-state index in [1.165, 1.54) is 12.1 Å². The van der Waals surface area contributed by atoms with Crippen LogP contribution in [-0.4, -0.2) is 9.97 Å². The molecule has 0 bridgehead atoms. The van der Waals surface area contributed by atoms with Gasteiger partial charge in [-0.1, -0.05) is 30.3 Å². The van der Waals surface area contributed by atoms with Crippen LogP contribution in [0.2, 0.25) is 0 Å². The molecule has 0 fully saturated rings. The van der Waals surface area contributed by atoms with Crippen molar-refractivity contribution in [3.8, 4) is 0 Å². The van der Waals surface area contributed by atoms with Crippen LogP contribution in [0.1, 0.15) is 11.4 Å². The zero-order valence-corrected chi connectivity index (χ0v) is 10.2. The van der Waals surface area contributed by atoms with Crippen molar-refractivity contribution in [3.05, 3.63) is 65.7 Å². The number of aromatic nitrogens is 2. The third-order valence-electron chi connectivity index (χ3n) is 2.94. The fourth-order valence-electron chi connectivity index (χ4n) is 2.03. The molecule has 0 spiro atoms. The molecule has 0 unspecified atom stereocenters. The van der Waals surface area contributed by atoms with Crippen LogP contribution in [0.4, 0.5) is 10.2 Å². The van der Waals surface area contributed by atoms with E-state index in [0.717, 1.165) is 5.56 Å². The van der Waals surface area contributed by atoms with E-state index in [-0.39, 0.29) is 5.82 Å². The number of nitrogens with two attached hydrogens (primary N) is 1. The van der Waals surface area contributed by atoms with Gasteiger partial charge in [0.1, 0.15) is 17.5 Å². The van der Waals surface area contributed by atoms with Crippen molar-refractivity contribution in [2.75, 3.05) is 5.73 Å². The molecule has 0 aliphatic heterocycles. The van der Waals surface area contributed by atoms with Gasteiger partial charge < -0.3 is 5.73 Å². The summed E-state index contributed by atoms with van der Waals surface area (Å²) >= 11 is 0. The lowest BCUT2D eigenvalue weighted by molar-refractivity contribution is 0.629. The van der Waals surface area contributed by atoms with E-state index < -0.39 is 0 Å². The molecule has 2 N–H and O–H groups in total. The molecule has 0 aliphatic rings. The molecule has 1 heterocycles. The lowest BCUT2D eigenvalue weighted by Gasteiger charge is -2.05. The van der Waals surface area contributed by atoms with Gasteiger partial charge >= 0.3 is 0 Å². The Kier molecular flexibility index (Phi) is 2.83. The second-order valence-corrected chi connectivity index (χ2v) is 4.35. The summed E-state index contributed by atoms with van der Waals surface area (Å²) in [5.74, 6) is 0.622. The van der Waals surface area contributed by atoms with Gasteiger partial charge in [0.05, 0.1) is 5.52 Å². The quantitative estimate of drug-likeness (QED) is 0.764. The van der Waals surface area contributed by atoms with Crippen molar-refractivity contribution in [2.45, 2.75) is 6.42 Å². The zero-order valence-electron chi connectivity index (χ0n) is 10.2. The first-order valence-electron chi connectivity index (χ1n) is 5.98. The highest BCUT2D eigenvalue weighted by molar-refractivity contribution is 5.87. The van der Waals surface area contributed by atoms with Crippen LogP contribution in [0.25, 0.3) is 10.9 Å². The van der Waals surface area contributed by atoms with Gasteiger partial charge in [-0.05, 0) is 23.8 Å². The molecule has 19 heavy (non-hydrogen) atoms. The van der Waals surface area contributed by atoms with Crippen molar-refractivity contribution in [3.63, 3.8) is 0 Å². The van der Waals surface area contributed by atoms with Gasteiger partial charge in [-0.2, -0.15) is 0 Å². The fraction of sp³-hybridized carbons (Fsp3) is 0.0667. The Balaban J connectivity index is 2.04. The molecule has 0 atom stereocenters. The number of hydrogen-bond acceptors (Lipinski definition) is 3. The van der Waals surface area contributed by atoms with Crippen LogP contribution in [0.3, 0.4) is 0 Å². The van der Waals surface area contributed by atoms with Crippen LogP contribution in [0.15, 0.2) is 48.5 Å². The summed E-state index contributed by atoms with van der Waals surface area (Å²) in [5, 5.41) is 0.553. The molecule has 2 aromatic carbocycles. The summed E-state index contributed by atoms with van der Waals surface area (Å²) in [4.78, 5) is 8.65. The maximum Gasteiger partial charge on any atom is 0.135 e. The van der Waals surface area contributed by atoms with Crippen LogP contribution >= 0.6 is 0 Å². The minimum absolute atomic E-state index is 0.315. The topological polar surface area (TPSA) is 51.8 Å². The van der Waals surface area contributed by atoms with Gasteiger partial charge in [0, 0.05) is 11.8 Å². The standard InChI is InChI=1S/C15H12FN3/c16-11-6-7-13-12(9-11)15(17)19-14(18-13)8-10-4-2-1-3-5-10/h1-7,9H,8H2,(H2,17,18,19). The predicted molar refractivity (Wildman–Crippen MR) is 73.2 cm³/mol. The van der Waals surface area contributed by atoms with Gasteiger partial charge in [0.15, 0.2) is 0 Å². The summed E-state index contributed by atoms with van der Waals surface area (Å²) in [6.07, 6.45) is 0.609. The van der Waals surface area contributed by atoms with Crippen molar-refractivity contribution < 1.29 is 4.39 Å². The Hall–Kier alpha value is -2.49. The van der Waals surface area contributed by atoms with E-state index >= 15 is 0 Å². The third-order valence-corrected chi connectivity index (χ3v) is 2.94. The van der Waals surface area contributed by atoms with Gasteiger partial charge in [-0.25, -0.2) is 14.4 Å². The average molecular weight is 253 g/mol. The summed E-state index contributed by atoms with van der Waals surface area (Å²) in [5.41, 5.74) is 7.64. The average Bonchev–Trinajstić information content (AvgIpc) is 2.41. The Morgan fingerprint density at radius 1 is 1.00 bits per heavy atom. The van der Waals surface area contributed by atoms with E-state index in [1.54, 1.807) is 6.07 Å². The minimum atomic E-state index is -0.335. The maximum atomic E-state index is 13.2. The number of nitrogen functional groups attached to an aromatic ring is 1. The fourth-order valence-corrected chi connectivity index (χ4v) is 2.03. The predicted octanol–water partition coefficient (Wildman–Crippen LogP) is 2.94. The molecule has 3 rings (SSSR count).